The van der Waals surface area contributed by atoms with Gasteiger partial charge >= 0.3 is 0 Å². The molecule has 4 rings (SSSR count). The van der Waals surface area contributed by atoms with E-state index in [0.717, 1.165) is 43.5 Å². The molecule has 30 heavy (non-hydrogen) atoms. The van der Waals surface area contributed by atoms with Crippen molar-refractivity contribution in [1.29, 1.82) is 0 Å². The first-order chi connectivity index (χ1) is 14.5. The van der Waals surface area contributed by atoms with Crippen molar-refractivity contribution in [2.24, 2.45) is 0 Å². The molecule has 7 heteroatoms. The SMILES string of the molecule is CC[NH+]1CCN(c2ccc(C(=O)Nc3ccc4ccccc4c3)cc2[N+](=O)[O-])CC1. The number of benzene rings is 3. The van der Waals surface area contributed by atoms with Crippen molar-refractivity contribution in [2.75, 3.05) is 42.9 Å². The topological polar surface area (TPSA) is 79.9 Å². The lowest BCUT2D eigenvalue weighted by atomic mass is 10.1. The number of nitrogens with zero attached hydrogens (tertiary/aromatic N) is 2. The number of carbonyl (C=O) groups excluding carboxylic acids is 1. The summed E-state index contributed by atoms with van der Waals surface area (Å²) in [6.07, 6.45) is 0. The van der Waals surface area contributed by atoms with Crippen LogP contribution in [0, 0.1) is 10.1 Å². The summed E-state index contributed by atoms with van der Waals surface area (Å²) in [5, 5.41) is 16.7. The molecular formula is C23H25N4O3+. The molecule has 0 aliphatic carbocycles. The molecule has 1 aliphatic rings. The highest BCUT2D eigenvalue weighted by atomic mass is 16.6. The van der Waals surface area contributed by atoms with Crippen LogP contribution in [0.2, 0.25) is 0 Å². The number of nitrogens with one attached hydrogen (secondary N) is 2. The summed E-state index contributed by atoms with van der Waals surface area (Å²) in [4.78, 5) is 27.6. The number of hydrogen-bond donors (Lipinski definition) is 2. The minimum atomic E-state index is -0.402. The molecule has 7 nitrogen and oxygen atoms in total. The van der Waals surface area contributed by atoms with Gasteiger partial charge in [0.2, 0.25) is 0 Å². The molecule has 0 atom stereocenters. The summed E-state index contributed by atoms with van der Waals surface area (Å²) in [6.45, 7) is 6.66. The van der Waals surface area contributed by atoms with E-state index in [2.05, 4.69) is 12.2 Å². The fourth-order valence-electron chi connectivity index (χ4n) is 3.97. The number of nitro benzene ring substituents is 1. The van der Waals surface area contributed by atoms with E-state index in [1.54, 1.807) is 12.1 Å². The summed E-state index contributed by atoms with van der Waals surface area (Å²) in [5.74, 6) is -0.361. The minimum Gasteiger partial charge on any atom is -0.355 e. The number of rotatable bonds is 5. The van der Waals surface area contributed by atoms with E-state index in [9.17, 15) is 14.9 Å². The number of carbonyl (C=O) groups is 1. The Bertz CT molecular complexity index is 1090. The van der Waals surface area contributed by atoms with Crippen LogP contribution in [0.5, 0.6) is 0 Å². The molecule has 3 aromatic rings. The Morgan fingerprint density at radius 1 is 1.07 bits per heavy atom. The second kappa shape index (κ2) is 8.51. The highest BCUT2D eigenvalue weighted by Gasteiger charge is 2.26. The van der Waals surface area contributed by atoms with Crippen molar-refractivity contribution >= 4 is 33.7 Å². The van der Waals surface area contributed by atoms with E-state index in [0.29, 0.717) is 11.4 Å². The highest BCUT2D eigenvalue weighted by Crippen LogP contribution is 2.30. The molecule has 1 fully saturated rings. The molecule has 1 saturated heterocycles. The quantitative estimate of drug-likeness (QED) is 0.505. The van der Waals surface area contributed by atoms with Gasteiger partial charge in [0.05, 0.1) is 37.6 Å². The predicted octanol–water partition coefficient (Wildman–Crippen LogP) is 2.73. The molecule has 0 radical (unpaired) electrons. The van der Waals surface area contributed by atoms with E-state index in [-0.39, 0.29) is 17.2 Å². The predicted molar refractivity (Wildman–Crippen MR) is 118 cm³/mol. The van der Waals surface area contributed by atoms with Gasteiger partial charge in [0.15, 0.2) is 0 Å². The van der Waals surface area contributed by atoms with Gasteiger partial charge in [0, 0.05) is 17.3 Å². The molecule has 3 aromatic carbocycles. The first-order valence-electron chi connectivity index (χ1n) is 10.2. The van der Waals surface area contributed by atoms with Crippen LogP contribution in [0.15, 0.2) is 60.7 Å². The maximum Gasteiger partial charge on any atom is 0.293 e. The third-order valence-electron chi connectivity index (χ3n) is 5.75. The first kappa shape index (κ1) is 19.8. The molecule has 154 valence electrons. The Balaban J connectivity index is 1.55. The molecular weight excluding hydrogens is 380 g/mol. The number of fused-ring (bicyclic) bond motifs is 1. The van der Waals surface area contributed by atoms with Crippen molar-refractivity contribution < 1.29 is 14.6 Å². The number of quaternary nitrogens is 1. The highest BCUT2D eigenvalue weighted by molar-refractivity contribution is 6.06. The monoisotopic (exact) mass is 405 g/mol. The Hall–Kier alpha value is -3.45. The molecule has 1 heterocycles. The standard InChI is InChI=1S/C23H24N4O3/c1-2-25-11-13-26(14-12-25)21-10-8-19(16-22(21)27(29)30)23(28)24-20-9-7-17-5-3-4-6-18(17)15-20/h3-10,15-16H,2,11-14H2,1H3,(H,24,28)/p+1. The number of amides is 1. The summed E-state index contributed by atoms with van der Waals surface area (Å²) in [5.41, 5.74) is 1.49. The van der Waals surface area contributed by atoms with Crippen molar-refractivity contribution in [3.05, 3.63) is 76.3 Å². The van der Waals surface area contributed by atoms with Crippen LogP contribution in [-0.2, 0) is 0 Å². The van der Waals surface area contributed by atoms with E-state index < -0.39 is 4.92 Å². The molecule has 1 aliphatic heterocycles. The van der Waals surface area contributed by atoms with E-state index >= 15 is 0 Å². The molecule has 0 spiro atoms. The third-order valence-corrected chi connectivity index (χ3v) is 5.75. The summed E-state index contributed by atoms with van der Waals surface area (Å²) in [7, 11) is 0. The number of hydrogen-bond acceptors (Lipinski definition) is 4. The van der Waals surface area contributed by atoms with Crippen LogP contribution in [0.25, 0.3) is 10.8 Å². The van der Waals surface area contributed by atoms with Gasteiger partial charge < -0.3 is 15.1 Å². The Kier molecular flexibility index (Phi) is 5.63. The maximum absolute atomic E-state index is 12.7. The fourth-order valence-corrected chi connectivity index (χ4v) is 3.97. The van der Waals surface area contributed by atoms with Crippen molar-refractivity contribution in [2.45, 2.75) is 6.92 Å². The average molecular weight is 405 g/mol. The van der Waals surface area contributed by atoms with Crippen LogP contribution < -0.4 is 15.1 Å². The van der Waals surface area contributed by atoms with Crippen LogP contribution >= 0.6 is 0 Å². The zero-order valence-electron chi connectivity index (χ0n) is 16.9. The summed E-state index contributed by atoms with van der Waals surface area (Å²) < 4.78 is 0. The lowest BCUT2D eigenvalue weighted by Crippen LogP contribution is -3.14. The van der Waals surface area contributed by atoms with Crippen LogP contribution in [0.3, 0.4) is 0 Å². The zero-order valence-corrected chi connectivity index (χ0v) is 16.9. The molecule has 0 aromatic heterocycles. The van der Waals surface area contributed by atoms with Crippen LogP contribution in [0.1, 0.15) is 17.3 Å². The molecule has 0 saturated carbocycles. The van der Waals surface area contributed by atoms with Gasteiger partial charge in [-0.25, -0.2) is 0 Å². The summed E-state index contributed by atoms with van der Waals surface area (Å²) in [6, 6.07) is 18.3. The Morgan fingerprint density at radius 3 is 2.50 bits per heavy atom. The lowest BCUT2D eigenvalue weighted by Gasteiger charge is -2.32. The van der Waals surface area contributed by atoms with E-state index in [4.69, 9.17) is 0 Å². The zero-order chi connectivity index (χ0) is 21.1. The number of piperazine rings is 1. The van der Waals surface area contributed by atoms with E-state index in [1.807, 2.05) is 47.4 Å². The number of anilines is 2. The second-order valence-corrected chi connectivity index (χ2v) is 7.57. The maximum atomic E-state index is 12.7. The molecule has 0 bridgehead atoms. The largest absolute Gasteiger partial charge is 0.355 e. The van der Waals surface area contributed by atoms with E-state index in [1.165, 1.54) is 11.0 Å². The van der Waals surface area contributed by atoms with Crippen molar-refractivity contribution in [1.82, 2.24) is 0 Å². The first-order valence-corrected chi connectivity index (χ1v) is 10.2. The Morgan fingerprint density at radius 2 is 1.80 bits per heavy atom. The minimum absolute atomic E-state index is 0.0268. The van der Waals surface area contributed by atoms with Gasteiger partial charge in [-0.2, -0.15) is 0 Å². The fraction of sp³-hybridized carbons (Fsp3) is 0.261. The third kappa shape index (κ3) is 4.11. The van der Waals surface area contributed by atoms with Gasteiger partial charge in [0.25, 0.3) is 11.6 Å². The Labute approximate surface area is 175 Å². The molecule has 0 unspecified atom stereocenters. The van der Waals surface area contributed by atoms with Crippen LogP contribution in [-0.4, -0.2) is 43.6 Å². The summed E-state index contributed by atoms with van der Waals surface area (Å²) >= 11 is 0. The van der Waals surface area contributed by atoms with Gasteiger partial charge in [0.1, 0.15) is 5.69 Å². The van der Waals surface area contributed by atoms with Crippen molar-refractivity contribution in [3.8, 4) is 0 Å². The smallest absolute Gasteiger partial charge is 0.293 e. The number of nitro groups is 1. The molecule has 2 N–H and O–H groups in total. The number of likely N-dealkylation sites (N-methyl/N-ethyl adjacent to an activating group) is 1. The van der Waals surface area contributed by atoms with Gasteiger partial charge in [-0.3, -0.25) is 14.9 Å². The van der Waals surface area contributed by atoms with Crippen molar-refractivity contribution in [3.63, 3.8) is 0 Å². The van der Waals surface area contributed by atoms with Gasteiger partial charge in [-0.1, -0.05) is 30.3 Å². The van der Waals surface area contributed by atoms with Crippen LogP contribution in [0.4, 0.5) is 17.1 Å². The lowest BCUT2D eigenvalue weighted by molar-refractivity contribution is -0.898. The normalized spacial score (nSPS) is 14.6. The average Bonchev–Trinajstić information content (AvgIpc) is 2.78. The molecule has 1 amide bonds. The van der Waals surface area contributed by atoms with Gasteiger partial charge in [-0.05, 0) is 42.0 Å². The van der Waals surface area contributed by atoms with Gasteiger partial charge in [-0.15, -0.1) is 0 Å². The second-order valence-electron chi connectivity index (χ2n) is 7.57.